The minimum Gasteiger partial charge on any atom is -0.397 e. The van der Waals surface area contributed by atoms with Gasteiger partial charge in [0, 0.05) is 4.47 Å². The number of ketones is 1. The van der Waals surface area contributed by atoms with Crippen molar-refractivity contribution in [3.63, 3.8) is 0 Å². The molecule has 5 nitrogen and oxygen atoms in total. The lowest BCUT2D eigenvalue weighted by Crippen LogP contribution is -1.95. The predicted molar refractivity (Wildman–Crippen MR) is 68.5 cm³/mol. The Labute approximate surface area is 116 Å². The fraction of sp³-hybridized carbons (Fsp3) is 0. The molecule has 0 radical (unpaired) electrons. The molecule has 0 fully saturated rings. The summed E-state index contributed by atoms with van der Waals surface area (Å²) in [5.74, 6) is -0.865. The van der Waals surface area contributed by atoms with Gasteiger partial charge in [-0.2, -0.15) is 0 Å². The van der Waals surface area contributed by atoms with Gasteiger partial charge < -0.3 is 4.42 Å². The molecule has 2 heterocycles. The van der Waals surface area contributed by atoms with Crippen molar-refractivity contribution in [2.45, 2.75) is 0 Å². The van der Waals surface area contributed by atoms with Crippen molar-refractivity contribution >= 4 is 54.9 Å². The van der Waals surface area contributed by atoms with Crippen LogP contribution in [-0.2, 0) is 0 Å². The first-order valence-corrected chi connectivity index (χ1v) is 6.63. The highest BCUT2D eigenvalue weighted by Crippen LogP contribution is 2.34. The standard InChI is InChI=1S/C9H3Br2NO4S/c10-4-3-6(17-9(4)11)8(13)5-1-2-7(16-5)12(14)15/h1-3H. The molecule has 0 aromatic carbocycles. The number of halogens is 2. The van der Waals surface area contributed by atoms with Crippen LogP contribution in [0, 0.1) is 10.1 Å². The van der Waals surface area contributed by atoms with Gasteiger partial charge in [-0.1, -0.05) is 0 Å². The molecule has 2 aromatic rings. The van der Waals surface area contributed by atoms with Gasteiger partial charge in [-0.25, -0.2) is 0 Å². The van der Waals surface area contributed by atoms with Gasteiger partial charge in [0.25, 0.3) is 0 Å². The summed E-state index contributed by atoms with van der Waals surface area (Å²) in [5, 5.41) is 10.4. The average Bonchev–Trinajstić information content (AvgIpc) is 2.86. The maximum Gasteiger partial charge on any atom is 0.433 e. The fourth-order valence-electron chi connectivity index (χ4n) is 1.13. The quantitative estimate of drug-likeness (QED) is 0.458. The lowest BCUT2D eigenvalue weighted by atomic mass is 10.2. The maximum atomic E-state index is 11.9. The second-order valence-electron chi connectivity index (χ2n) is 2.96. The summed E-state index contributed by atoms with van der Waals surface area (Å²) in [6.45, 7) is 0. The number of nitrogens with zero attached hydrogens (tertiary/aromatic N) is 1. The summed E-state index contributed by atoms with van der Waals surface area (Å²) in [7, 11) is 0. The highest BCUT2D eigenvalue weighted by atomic mass is 79.9. The summed E-state index contributed by atoms with van der Waals surface area (Å²) < 4.78 is 6.37. The highest BCUT2D eigenvalue weighted by molar-refractivity contribution is 9.13. The summed E-state index contributed by atoms with van der Waals surface area (Å²) in [6.07, 6.45) is 0. The minimum absolute atomic E-state index is 0.0436. The number of hydrogen-bond acceptors (Lipinski definition) is 5. The van der Waals surface area contributed by atoms with Gasteiger partial charge in [-0.05, 0) is 44.0 Å². The van der Waals surface area contributed by atoms with Crippen molar-refractivity contribution in [2.75, 3.05) is 0 Å². The number of carbonyl (C=O) groups excluding carboxylic acids is 1. The first-order valence-electron chi connectivity index (χ1n) is 4.23. The zero-order chi connectivity index (χ0) is 12.6. The topological polar surface area (TPSA) is 73.3 Å². The first kappa shape index (κ1) is 12.5. The Kier molecular flexibility index (Phi) is 3.45. The van der Waals surface area contributed by atoms with Crippen molar-refractivity contribution in [1.82, 2.24) is 0 Å². The van der Waals surface area contributed by atoms with Crippen LogP contribution in [0.3, 0.4) is 0 Å². The van der Waals surface area contributed by atoms with E-state index < -0.39 is 10.8 Å². The Morgan fingerprint density at radius 3 is 2.59 bits per heavy atom. The van der Waals surface area contributed by atoms with E-state index in [1.54, 1.807) is 6.07 Å². The van der Waals surface area contributed by atoms with E-state index in [0.717, 1.165) is 14.3 Å². The first-order chi connectivity index (χ1) is 7.99. The van der Waals surface area contributed by atoms with Crippen molar-refractivity contribution in [1.29, 1.82) is 0 Å². The molecule has 0 aliphatic carbocycles. The van der Waals surface area contributed by atoms with Crippen molar-refractivity contribution in [2.24, 2.45) is 0 Å². The molecule has 0 saturated heterocycles. The molecule has 0 spiro atoms. The van der Waals surface area contributed by atoms with E-state index in [-0.39, 0.29) is 11.5 Å². The van der Waals surface area contributed by atoms with Gasteiger partial charge >= 0.3 is 5.88 Å². The van der Waals surface area contributed by atoms with Crippen LogP contribution < -0.4 is 0 Å². The van der Waals surface area contributed by atoms with Crippen LogP contribution in [0.1, 0.15) is 15.4 Å². The Balaban J connectivity index is 2.33. The zero-order valence-electron chi connectivity index (χ0n) is 7.98. The molecule has 17 heavy (non-hydrogen) atoms. The smallest absolute Gasteiger partial charge is 0.397 e. The van der Waals surface area contributed by atoms with Crippen LogP contribution >= 0.6 is 43.2 Å². The third-order valence-corrected chi connectivity index (χ3v) is 5.12. The van der Waals surface area contributed by atoms with Gasteiger partial charge in [0.1, 0.15) is 4.92 Å². The molecule has 88 valence electrons. The largest absolute Gasteiger partial charge is 0.433 e. The van der Waals surface area contributed by atoms with E-state index >= 15 is 0 Å². The number of furan rings is 1. The Bertz CT molecular complexity index is 584. The molecule has 0 amide bonds. The normalized spacial score (nSPS) is 10.5. The lowest BCUT2D eigenvalue weighted by Gasteiger charge is -1.90. The Hall–Kier alpha value is -0.990. The molecular formula is C9H3Br2NO4S. The van der Waals surface area contributed by atoms with E-state index in [9.17, 15) is 14.9 Å². The SMILES string of the molecule is O=C(c1ccc([N+](=O)[O-])o1)c1cc(Br)c(Br)s1. The van der Waals surface area contributed by atoms with Crippen LogP contribution in [0.2, 0.25) is 0 Å². The fourth-order valence-corrected chi connectivity index (χ4v) is 3.11. The van der Waals surface area contributed by atoms with Gasteiger partial charge in [0.05, 0.1) is 14.7 Å². The molecule has 2 aromatic heterocycles. The molecule has 0 aliphatic heterocycles. The predicted octanol–water partition coefficient (Wildman–Crippen LogP) is 4.01. The molecule has 0 aliphatic rings. The molecule has 0 bridgehead atoms. The second kappa shape index (κ2) is 4.71. The summed E-state index contributed by atoms with van der Waals surface area (Å²) in [6, 6.07) is 4.08. The number of rotatable bonds is 3. The summed E-state index contributed by atoms with van der Waals surface area (Å²) >= 11 is 7.75. The van der Waals surface area contributed by atoms with Crippen LogP contribution in [0.15, 0.2) is 30.9 Å². The highest BCUT2D eigenvalue weighted by Gasteiger charge is 2.20. The lowest BCUT2D eigenvalue weighted by molar-refractivity contribution is -0.402. The van der Waals surface area contributed by atoms with E-state index in [1.807, 2.05) is 0 Å². The van der Waals surface area contributed by atoms with Gasteiger partial charge in [0.2, 0.25) is 5.78 Å². The van der Waals surface area contributed by atoms with E-state index in [4.69, 9.17) is 4.42 Å². The molecule has 0 unspecified atom stereocenters. The molecule has 2 rings (SSSR count). The number of carbonyl (C=O) groups is 1. The monoisotopic (exact) mass is 379 g/mol. The van der Waals surface area contributed by atoms with Crippen LogP contribution in [-0.4, -0.2) is 10.7 Å². The van der Waals surface area contributed by atoms with Crippen molar-refractivity contribution < 1.29 is 14.1 Å². The summed E-state index contributed by atoms with van der Waals surface area (Å²) in [5.41, 5.74) is 0. The Morgan fingerprint density at radius 2 is 2.12 bits per heavy atom. The molecule has 0 saturated carbocycles. The molecule has 8 heteroatoms. The van der Waals surface area contributed by atoms with Gasteiger partial charge in [-0.15, -0.1) is 11.3 Å². The Morgan fingerprint density at radius 1 is 1.41 bits per heavy atom. The number of thiophene rings is 1. The van der Waals surface area contributed by atoms with E-state index in [1.165, 1.54) is 17.4 Å². The number of hydrogen-bond donors (Lipinski definition) is 0. The zero-order valence-corrected chi connectivity index (χ0v) is 12.0. The van der Waals surface area contributed by atoms with Crippen LogP contribution in [0.4, 0.5) is 5.88 Å². The second-order valence-corrected chi connectivity index (χ2v) is 6.18. The van der Waals surface area contributed by atoms with Gasteiger partial charge in [0.15, 0.2) is 5.76 Å². The third-order valence-electron chi connectivity index (χ3n) is 1.86. The van der Waals surface area contributed by atoms with Gasteiger partial charge in [-0.3, -0.25) is 14.9 Å². The molecular weight excluding hydrogens is 378 g/mol. The third kappa shape index (κ3) is 2.48. The molecule has 0 atom stereocenters. The van der Waals surface area contributed by atoms with Crippen molar-refractivity contribution in [3.8, 4) is 0 Å². The van der Waals surface area contributed by atoms with Crippen LogP contribution in [0.5, 0.6) is 0 Å². The average molecular weight is 381 g/mol. The maximum absolute atomic E-state index is 11.9. The number of nitro groups is 1. The van der Waals surface area contributed by atoms with Crippen LogP contribution in [0.25, 0.3) is 0 Å². The molecule has 0 N–H and O–H groups in total. The van der Waals surface area contributed by atoms with Crippen molar-refractivity contribution in [3.05, 3.63) is 47.2 Å². The summed E-state index contributed by atoms with van der Waals surface area (Å²) in [4.78, 5) is 22.1. The van der Waals surface area contributed by atoms with E-state index in [2.05, 4.69) is 31.9 Å². The minimum atomic E-state index is -0.683. The van der Waals surface area contributed by atoms with E-state index in [0.29, 0.717) is 4.88 Å².